The fourth-order valence-electron chi connectivity index (χ4n) is 1.11. The molecule has 13 heavy (non-hydrogen) atoms. The summed E-state index contributed by atoms with van der Waals surface area (Å²) in [5.41, 5.74) is 0. The van der Waals surface area contributed by atoms with E-state index < -0.39 is 0 Å². The van der Waals surface area contributed by atoms with Crippen LogP contribution in [-0.4, -0.2) is 56.4 Å². The predicted molar refractivity (Wildman–Crippen MR) is 56.0 cm³/mol. The molecule has 0 N–H and O–H groups in total. The highest BCUT2D eigenvalue weighted by atomic mass is 16.1. The minimum Gasteiger partial charge on any atom is -0.308 e. The van der Waals surface area contributed by atoms with Gasteiger partial charge in [0.15, 0.2) is 0 Å². The van der Waals surface area contributed by atoms with Crippen LogP contribution in [0.4, 0.5) is 0 Å². The summed E-state index contributed by atoms with van der Waals surface area (Å²) < 4.78 is 0. The van der Waals surface area contributed by atoms with Crippen molar-refractivity contribution in [2.75, 3.05) is 40.8 Å². The number of hydrogen-bond donors (Lipinski definition) is 0. The van der Waals surface area contributed by atoms with Crippen LogP contribution in [0, 0.1) is 0 Å². The van der Waals surface area contributed by atoms with E-state index in [1.54, 1.807) is 0 Å². The van der Waals surface area contributed by atoms with E-state index in [4.69, 9.17) is 0 Å². The summed E-state index contributed by atoms with van der Waals surface area (Å²) in [6.45, 7) is 4.61. The predicted octanol–water partition coefficient (Wildman–Crippen LogP) is 0.849. The molecule has 0 atom stereocenters. The minimum absolute atomic E-state index is 0.351. The van der Waals surface area contributed by atoms with Crippen LogP contribution < -0.4 is 0 Å². The molecule has 0 aromatic carbocycles. The summed E-state index contributed by atoms with van der Waals surface area (Å²) >= 11 is 0. The van der Waals surface area contributed by atoms with Crippen molar-refractivity contribution in [1.82, 2.24) is 9.80 Å². The number of carbonyl (C=O) groups excluding carboxylic acids is 1. The van der Waals surface area contributed by atoms with Crippen LogP contribution in [0.15, 0.2) is 0 Å². The highest BCUT2D eigenvalue weighted by Gasteiger charge is 2.05. The lowest BCUT2D eigenvalue weighted by Gasteiger charge is -2.18. The molecule has 3 nitrogen and oxygen atoms in total. The Kier molecular flexibility index (Phi) is 6.82. The topological polar surface area (TPSA) is 23.6 Å². The van der Waals surface area contributed by atoms with Crippen LogP contribution in [0.1, 0.15) is 19.8 Å². The molecule has 0 unspecified atom stereocenters. The average molecular weight is 186 g/mol. The molecule has 0 fully saturated rings. The Hall–Kier alpha value is -0.410. The number of Topliss-reactive ketones (excluding diaryl/α,β-unsaturated/α-hetero) is 1. The molecule has 0 rings (SSSR count). The summed E-state index contributed by atoms with van der Waals surface area (Å²) in [5.74, 6) is 0.351. The van der Waals surface area contributed by atoms with Crippen LogP contribution >= 0.6 is 0 Å². The molecule has 0 saturated carbocycles. The third kappa shape index (κ3) is 7.94. The van der Waals surface area contributed by atoms with Gasteiger partial charge in [0.1, 0.15) is 5.78 Å². The SMILES string of the molecule is CCCC(=O)CN(C)CCN(C)C. The van der Waals surface area contributed by atoms with Gasteiger partial charge in [-0.3, -0.25) is 9.69 Å². The minimum atomic E-state index is 0.351. The van der Waals surface area contributed by atoms with Crippen molar-refractivity contribution < 1.29 is 4.79 Å². The van der Waals surface area contributed by atoms with Crippen LogP contribution in [0.3, 0.4) is 0 Å². The first-order valence-electron chi connectivity index (χ1n) is 4.91. The standard InChI is InChI=1S/C10H22N2O/c1-5-6-10(13)9-12(4)8-7-11(2)3/h5-9H2,1-4H3. The fraction of sp³-hybridized carbons (Fsp3) is 0.900. The van der Waals surface area contributed by atoms with Gasteiger partial charge in [-0.25, -0.2) is 0 Å². The largest absolute Gasteiger partial charge is 0.308 e. The molecule has 0 amide bonds. The number of ketones is 1. The van der Waals surface area contributed by atoms with Crippen molar-refractivity contribution in [3.8, 4) is 0 Å². The summed E-state index contributed by atoms with van der Waals surface area (Å²) in [4.78, 5) is 15.5. The molecular weight excluding hydrogens is 164 g/mol. The number of likely N-dealkylation sites (N-methyl/N-ethyl adjacent to an activating group) is 2. The first kappa shape index (κ1) is 12.6. The third-order valence-corrected chi connectivity index (χ3v) is 1.90. The summed E-state index contributed by atoms with van der Waals surface area (Å²) in [7, 11) is 6.08. The molecule has 0 spiro atoms. The Morgan fingerprint density at radius 2 is 1.77 bits per heavy atom. The average Bonchev–Trinajstić information content (AvgIpc) is 2.01. The Morgan fingerprint density at radius 3 is 2.23 bits per heavy atom. The van der Waals surface area contributed by atoms with E-state index in [1.165, 1.54) is 0 Å². The third-order valence-electron chi connectivity index (χ3n) is 1.90. The lowest BCUT2D eigenvalue weighted by atomic mass is 10.2. The van der Waals surface area contributed by atoms with Crippen molar-refractivity contribution in [1.29, 1.82) is 0 Å². The first-order valence-corrected chi connectivity index (χ1v) is 4.91. The van der Waals surface area contributed by atoms with Gasteiger partial charge in [0, 0.05) is 19.5 Å². The lowest BCUT2D eigenvalue weighted by Crippen LogP contribution is -2.32. The zero-order valence-electron chi connectivity index (χ0n) is 9.34. The van der Waals surface area contributed by atoms with Gasteiger partial charge in [-0.05, 0) is 27.6 Å². The number of hydrogen-bond acceptors (Lipinski definition) is 3. The molecule has 0 saturated heterocycles. The van der Waals surface area contributed by atoms with E-state index in [-0.39, 0.29) is 0 Å². The highest BCUT2D eigenvalue weighted by molar-refractivity contribution is 5.80. The van der Waals surface area contributed by atoms with Crippen molar-refractivity contribution in [3.63, 3.8) is 0 Å². The molecule has 78 valence electrons. The summed E-state index contributed by atoms with van der Waals surface area (Å²) in [5, 5.41) is 0. The van der Waals surface area contributed by atoms with E-state index in [1.807, 2.05) is 28.1 Å². The number of rotatable bonds is 7. The quantitative estimate of drug-likeness (QED) is 0.589. The van der Waals surface area contributed by atoms with Gasteiger partial charge in [0.25, 0.3) is 0 Å². The van der Waals surface area contributed by atoms with Gasteiger partial charge in [-0.1, -0.05) is 6.92 Å². The van der Waals surface area contributed by atoms with E-state index in [0.717, 1.165) is 19.5 Å². The van der Waals surface area contributed by atoms with Crippen LogP contribution in [0.5, 0.6) is 0 Å². The van der Waals surface area contributed by atoms with Gasteiger partial charge in [-0.15, -0.1) is 0 Å². The molecule has 0 aliphatic heterocycles. The molecular formula is C10H22N2O. The zero-order valence-corrected chi connectivity index (χ0v) is 9.34. The lowest BCUT2D eigenvalue weighted by molar-refractivity contribution is -0.119. The molecule has 0 aliphatic rings. The molecule has 0 aromatic heterocycles. The molecule has 0 aliphatic carbocycles. The van der Waals surface area contributed by atoms with E-state index in [2.05, 4.69) is 9.80 Å². The van der Waals surface area contributed by atoms with Crippen molar-refractivity contribution in [2.45, 2.75) is 19.8 Å². The molecule has 0 bridgehead atoms. The maximum absolute atomic E-state index is 11.2. The smallest absolute Gasteiger partial charge is 0.146 e. The van der Waals surface area contributed by atoms with Gasteiger partial charge in [-0.2, -0.15) is 0 Å². The second-order valence-electron chi connectivity index (χ2n) is 3.83. The molecule has 0 aromatic rings. The monoisotopic (exact) mass is 186 g/mol. The zero-order chi connectivity index (χ0) is 10.3. The van der Waals surface area contributed by atoms with Gasteiger partial charge >= 0.3 is 0 Å². The second-order valence-corrected chi connectivity index (χ2v) is 3.83. The fourth-order valence-corrected chi connectivity index (χ4v) is 1.11. The van der Waals surface area contributed by atoms with Crippen molar-refractivity contribution >= 4 is 5.78 Å². The summed E-state index contributed by atoms with van der Waals surface area (Å²) in [6, 6.07) is 0. The van der Waals surface area contributed by atoms with Crippen molar-refractivity contribution in [2.24, 2.45) is 0 Å². The Bertz CT molecular complexity index is 146. The number of nitrogens with zero attached hydrogens (tertiary/aromatic N) is 2. The molecule has 3 heteroatoms. The van der Waals surface area contributed by atoms with Crippen LogP contribution in [0.25, 0.3) is 0 Å². The maximum Gasteiger partial charge on any atom is 0.146 e. The van der Waals surface area contributed by atoms with Crippen LogP contribution in [-0.2, 0) is 4.79 Å². The van der Waals surface area contributed by atoms with Crippen molar-refractivity contribution in [3.05, 3.63) is 0 Å². The number of carbonyl (C=O) groups is 1. The van der Waals surface area contributed by atoms with E-state index in [0.29, 0.717) is 18.7 Å². The first-order chi connectivity index (χ1) is 6.06. The Balaban J connectivity index is 3.49. The normalized spacial score (nSPS) is 11.2. The van der Waals surface area contributed by atoms with Gasteiger partial charge in [0.2, 0.25) is 0 Å². The van der Waals surface area contributed by atoms with Gasteiger partial charge in [0.05, 0.1) is 6.54 Å². The van der Waals surface area contributed by atoms with E-state index in [9.17, 15) is 4.79 Å². The van der Waals surface area contributed by atoms with Gasteiger partial charge < -0.3 is 4.90 Å². The molecule has 0 heterocycles. The van der Waals surface area contributed by atoms with Crippen LogP contribution in [0.2, 0.25) is 0 Å². The second kappa shape index (κ2) is 7.04. The van der Waals surface area contributed by atoms with E-state index >= 15 is 0 Å². The Morgan fingerprint density at radius 1 is 1.15 bits per heavy atom. The summed E-state index contributed by atoms with van der Waals surface area (Å²) in [6.07, 6.45) is 1.67. The molecule has 0 radical (unpaired) electrons. The maximum atomic E-state index is 11.2. The Labute approximate surface area is 81.7 Å². The highest BCUT2D eigenvalue weighted by Crippen LogP contribution is 1.92.